The topological polar surface area (TPSA) is 44.1 Å². The molecule has 0 radical (unpaired) electrons. The van der Waals surface area contributed by atoms with Crippen molar-refractivity contribution in [2.75, 3.05) is 13.7 Å². The lowest BCUT2D eigenvalue weighted by molar-refractivity contribution is 0.112. The van der Waals surface area contributed by atoms with Crippen LogP contribution < -0.4 is 0 Å². The van der Waals surface area contributed by atoms with Gasteiger partial charge in [-0.1, -0.05) is 6.92 Å². The van der Waals surface area contributed by atoms with Gasteiger partial charge in [-0.05, 0) is 20.8 Å². The number of ether oxygens (including phenoxy) is 1. The molecule has 4 nitrogen and oxygen atoms in total. The molecule has 90 valence electrons. The van der Waals surface area contributed by atoms with Crippen LogP contribution in [-0.2, 0) is 10.3 Å². The fraction of sp³-hybridized carbons (Fsp3) is 0.667. The number of aldehydes is 1. The number of carbonyl (C=O) groups is 1. The second kappa shape index (κ2) is 4.78. The fourth-order valence-corrected chi connectivity index (χ4v) is 1.55. The molecular weight excluding hydrogens is 204 g/mol. The molecule has 0 aliphatic heterocycles. The largest absolute Gasteiger partial charge is 0.384 e. The molecule has 0 saturated carbocycles. The third-order valence-corrected chi connectivity index (χ3v) is 2.47. The van der Waals surface area contributed by atoms with Crippen LogP contribution in [0.5, 0.6) is 0 Å². The van der Waals surface area contributed by atoms with E-state index in [2.05, 4.69) is 25.9 Å². The van der Waals surface area contributed by atoms with Gasteiger partial charge in [-0.25, -0.2) is 0 Å². The zero-order valence-electron chi connectivity index (χ0n) is 10.7. The summed E-state index contributed by atoms with van der Waals surface area (Å²) in [6.45, 7) is 8.74. The van der Waals surface area contributed by atoms with Crippen LogP contribution in [0.15, 0.2) is 6.20 Å². The molecular formula is C12H20N2O2. The summed E-state index contributed by atoms with van der Waals surface area (Å²) < 4.78 is 6.92. The number of hydrogen-bond donors (Lipinski definition) is 0. The Balaban J connectivity index is 3.09. The quantitative estimate of drug-likeness (QED) is 0.736. The molecule has 0 amide bonds. The molecule has 0 aromatic carbocycles. The van der Waals surface area contributed by atoms with E-state index in [-0.39, 0.29) is 11.5 Å². The SMILES string of the molecule is COCC(C)c1nn(C(C)(C)C)cc1C=O. The highest BCUT2D eigenvalue weighted by Gasteiger charge is 2.20. The normalized spacial score (nSPS) is 13.8. The highest BCUT2D eigenvalue weighted by Crippen LogP contribution is 2.21. The van der Waals surface area contributed by atoms with Gasteiger partial charge in [0.25, 0.3) is 0 Å². The first-order valence-electron chi connectivity index (χ1n) is 5.44. The molecule has 0 aliphatic rings. The minimum atomic E-state index is -0.108. The van der Waals surface area contributed by atoms with E-state index in [9.17, 15) is 4.79 Å². The van der Waals surface area contributed by atoms with Crippen molar-refractivity contribution in [2.24, 2.45) is 0 Å². The number of aromatic nitrogens is 2. The van der Waals surface area contributed by atoms with Gasteiger partial charge in [-0.15, -0.1) is 0 Å². The van der Waals surface area contributed by atoms with Crippen LogP contribution in [-0.4, -0.2) is 29.8 Å². The molecule has 1 heterocycles. The van der Waals surface area contributed by atoms with E-state index in [1.807, 2.05) is 11.6 Å². The van der Waals surface area contributed by atoms with Crippen LogP contribution in [0, 0.1) is 0 Å². The number of hydrogen-bond acceptors (Lipinski definition) is 3. The summed E-state index contributed by atoms with van der Waals surface area (Å²) >= 11 is 0. The third kappa shape index (κ3) is 2.70. The van der Waals surface area contributed by atoms with Gasteiger partial charge in [-0.3, -0.25) is 9.48 Å². The van der Waals surface area contributed by atoms with Crippen molar-refractivity contribution in [1.29, 1.82) is 0 Å². The maximum Gasteiger partial charge on any atom is 0.153 e. The summed E-state index contributed by atoms with van der Waals surface area (Å²) in [6.07, 6.45) is 2.66. The Hall–Kier alpha value is -1.16. The van der Waals surface area contributed by atoms with Gasteiger partial charge < -0.3 is 4.74 Å². The molecule has 0 bridgehead atoms. The van der Waals surface area contributed by atoms with E-state index in [1.54, 1.807) is 13.3 Å². The van der Waals surface area contributed by atoms with Gasteiger partial charge in [0.2, 0.25) is 0 Å². The first kappa shape index (κ1) is 12.9. The molecule has 0 aliphatic carbocycles. The Bertz CT molecular complexity index is 364. The zero-order chi connectivity index (χ0) is 12.3. The van der Waals surface area contributed by atoms with Crippen molar-refractivity contribution >= 4 is 6.29 Å². The van der Waals surface area contributed by atoms with Crippen molar-refractivity contribution in [3.63, 3.8) is 0 Å². The summed E-state index contributed by atoms with van der Waals surface area (Å²) in [4.78, 5) is 11.0. The Morgan fingerprint density at radius 3 is 2.62 bits per heavy atom. The number of methoxy groups -OCH3 is 1. The summed E-state index contributed by atoms with van der Waals surface area (Å²) in [7, 11) is 1.65. The Kier molecular flexibility index (Phi) is 3.86. The van der Waals surface area contributed by atoms with Crippen LogP contribution in [0.3, 0.4) is 0 Å². The minimum Gasteiger partial charge on any atom is -0.384 e. The lowest BCUT2D eigenvalue weighted by Crippen LogP contribution is -2.22. The average molecular weight is 224 g/mol. The predicted molar refractivity (Wildman–Crippen MR) is 62.9 cm³/mol. The van der Waals surface area contributed by atoms with Gasteiger partial charge in [0.15, 0.2) is 6.29 Å². The molecule has 0 fully saturated rings. The molecule has 4 heteroatoms. The first-order valence-corrected chi connectivity index (χ1v) is 5.44. The monoisotopic (exact) mass is 224 g/mol. The Morgan fingerprint density at radius 1 is 1.56 bits per heavy atom. The Morgan fingerprint density at radius 2 is 2.19 bits per heavy atom. The van der Waals surface area contributed by atoms with E-state index in [4.69, 9.17) is 4.74 Å². The van der Waals surface area contributed by atoms with Crippen molar-refractivity contribution in [1.82, 2.24) is 9.78 Å². The maximum atomic E-state index is 11.0. The van der Waals surface area contributed by atoms with E-state index < -0.39 is 0 Å². The zero-order valence-corrected chi connectivity index (χ0v) is 10.7. The molecule has 1 aromatic heterocycles. The van der Waals surface area contributed by atoms with Crippen LogP contribution in [0.1, 0.15) is 49.7 Å². The second-order valence-electron chi connectivity index (χ2n) is 5.06. The molecule has 0 N–H and O–H groups in total. The molecule has 1 rings (SSSR count). The second-order valence-corrected chi connectivity index (χ2v) is 5.06. The lowest BCUT2D eigenvalue weighted by Gasteiger charge is -2.19. The number of carbonyl (C=O) groups excluding carboxylic acids is 1. The van der Waals surface area contributed by atoms with E-state index in [0.29, 0.717) is 12.2 Å². The molecule has 1 atom stereocenters. The Labute approximate surface area is 96.6 Å². The highest BCUT2D eigenvalue weighted by atomic mass is 16.5. The van der Waals surface area contributed by atoms with E-state index in [1.165, 1.54) is 0 Å². The van der Waals surface area contributed by atoms with Crippen LogP contribution in [0.4, 0.5) is 0 Å². The van der Waals surface area contributed by atoms with Crippen molar-refractivity contribution < 1.29 is 9.53 Å². The smallest absolute Gasteiger partial charge is 0.153 e. The lowest BCUT2D eigenvalue weighted by atomic mass is 10.1. The minimum absolute atomic E-state index is 0.108. The van der Waals surface area contributed by atoms with Gasteiger partial charge in [0.1, 0.15) is 0 Å². The molecule has 0 spiro atoms. The summed E-state index contributed by atoms with van der Waals surface area (Å²) in [5, 5.41) is 4.48. The van der Waals surface area contributed by atoms with Crippen LogP contribution in [0.25, 0.3) is 0 Å². The van der Waals surface area contributed by atoms with E-state index in [0.717, 1.165) is 12.0 Å². The third-order valence-electron chi connectivity index (χ3n) is 2.47. The molecule has 1 unspecified atom stereocenters. The number of rotatable bonds is 4. The standard InChI is InChI=1S/C12H20N2O2/c1-9(8-16-5)11-10(7-15)6-14(13-11)12(2,3)4/h6-7,9H,8H2,1-5H3. The van der Waals surface area contributed by atoms with E-state index >= 15 is 0 Å². The van der Waals surface area contributed by atoms with Gasteiger partial charge in [0, 0.05) is 19.2 Å². The first-order chi connectivity index (χ1) is 7.40. The van der Waals surface area contributed by atoms with Gasteiger partial charge in [0.05, 0.1) is 23.4 Å². The highest BCUT2D eigenvalue weighted by molar-refractivity contribution is 5.76. The predicted octanol–water partition coefficient (Wildman–Crippen LogP) is 2.20. The molecule has 0 saturated heterocycles. The van der Waals surface area contributed by atoms with Crippen LogP contribution >= 0.6 is 0 Å². The van der Waals surface area contributed by atoms with Crippen LogP contribution in [0.2, 0.25) is 0 Å². The van der Waals surface area contributed by atoms with Crippen molar-refractivity contribution in [2.45, 2.75) is 39.2 Å². The van der Waals surface area contributed by atoms with Crippen molar-refractivity contribution in [3.05, 3.63) is 17.5 Å². The summed E-state index contributed by atoms with van der Waals surface area (Å²) in [5.41, 5.74) is 1.36. The van der Waals surface area contributed by atoms with Gasteiger partial charge in [-0.2, -0.15) is 5.10 Å². The summed E-state index contributed by atoms with van der Waals surface area (Å²) in [6, 6.07) is 0. The molecule has 1 aromatic rings. The number of nitrogens with zero attached hydrogens (tertiary/aromatic N) is 2. The molecule has 16 heavy (non-hydrogen) atoms. The summed E-state index contributed by atoms with van der Waals surface area (Å²) in [5.74, 6) is 0.133. The average Bonchev–Trinajstić information content (AvgIpc) is 2.61. The fourth-order valence-electron chi connectivity index (χ4n) is 1.55. The van der Waals surface area contributed by atoms with Gasteiger partial charge >= 0.3 is 0 Å². The van der Waals surface area contributed by atoms with Crippen molar-refractivity contribution in [3.8, 4) is 0 Å². The maximum absolute atomic E-state index is 11.0.